The Kier molecular flexibility index (Phi) is 6.42. The Morgan fingerprint density at radius 2 is 1.82 bits per heavy atom. The van der Waals surface area contributed by atoms with Crippen LogP contribution >= 0.6 is 0 Å². The number of imide groups is 1. The number of hydrogen-bond donors (Lipinski definition) is 2. The molecule has 3 aliphatic rings. The molecule has 1 unspecified atom stereocenters. The summed E-state index contributed by atoms with van der Waals surface area (Å²) < 4.78 is 1.86. The first-order valence-corrected chi connectivity index (χ1v) is 12.6. The second-order valence-electron chi connectivity index (χ2n) is 10.4. The van der Waals surface area contributed by atoms with Crippen molar-refractivity contribution in [2.75, 3.05) is 13.1 Å². The highest BCUT2D eigenvalue weighted by molar-refractivity contribution is 6.02. The van der Waals surface area contributed by atoms with Gasteiger partial charge in [-0.15, -0.1) is 0 Å². The maximum atomic E-state index is 12.4. The standard InChI is InChI=1S/C26H34N4O4/c1-29-22-15-18(4-7-20(22)25(28-29)21-8-9-23(31)27-26(21)34)17-10-12-30(13-11-17)19-5-2-16(3-6-19)14-24(32)33/h4,7,15-17,19,21H,2-3,5-6,8-14H2,1H3,(H,32,33)(H,27,31,34)/t16-,19-,21?. The number of carboxylic acid groups (broad SMARTS) is 1. The Balaban J connectivity index is 1.23. The summed E-state index contributed by atoms with van der Waals surface area (Å²) in [6.07, 6.45) is 7.72. The maximum Gasteiger partial charge on any atom is 0.303 e. The van der Waals surface area contributed by atoms with Crippen LogP contribution in [-0.4, -0.2) is 56.7 Å². The predicted molar refractivity (Wildman–Crippen MR) is 127 cm³/mol. The molecule has 182 valence electrons. The van der Waals surface area contributed by atoms with Crippen molar-refractivity contribution < 1.29 is 19.5 Å². The molecule has 2 amide bonds. The van der Waals surface area contributed by atoms with Gasteiger partial charge in [-0.3, -0.25) is 24.4 Å². The monoisotopic (exact) mass is 466 g/mol. The number of aromatic nitrogens is 2. The lowest BCUT2D eigenvalue weighted by Gasteiger charge is -2.40. The van der Waals surface area contributed by atoms with Crippen LogP contribution in [0.25, 0.3) is 10.9 Å². The molecule has 1 aliphatic carbocycles. The summed E-state index contributed by atoms with van der Waals surface area (Å²) in [7, 11) is 1.92. The second kappa shape index (κ2) is 9.49. The van der Waals surface area contributed by atoms with Crippen molar-refractivity contribution in [3.8, 4) is 0 Å². The van der Waals surface area contributed by atoms with Gasteiger partial charge in [-0.05, 0) is 81.5 Å². The number of aryl methyl sites for hydroxylation is 1. The Bertz CT molecular complexity index is 1090. The van der Waals surface area contributed by atoms with Crippen molar-refractivity contribution in [3.63, 3.8) is 0 Å². The van der Waals surface area contributed by atoms with Crippen LogP contribution in [0, 0.1) is 5.92 Å². The first-order valence-electron chi connectivity index (χ1n) is 12.6. The third-order valence-electron chi connectivity index (χ3n) is 8.27. The zero-order chi connectivity index (χ0) is 23.8. The molecule has 1 atom stereocenters. The number of benzene rings is 1. The minimum Gasteiger partial charge on any atom is -0.481 e. The largest absolute Gasteiger partial charge is 0.481 e. The molecular formula is C26H34N4O4. The molecule has 0 radical (unpaired) electrons. The number of fused-ring (bicyclic) bond motifs is 1. The number of hydrogen-bond acceptors (Lipinski definition) is 5. The van der Waals surface area contributed by atoms with E-state index in [2.05, 4.69) is 33.5 Å². The van der Waals surface area contributed by atoms with Crippen LogP contribution in [0.15, 0.2) is 18.2 Å². The number of carbonyl (C=O) groups is 3. The molecule has 1 aromatic carbocycles. The van der Waals surface area contributed by atoms with Crippen molar-refractivity contribution in [1.29, 1.82) is 0 Å². The number of carboxylic acids is 1. The summed E-state index contributed by atoms with van der Waals surface area (Å²) in [6, 6.07) is 7.13. The Hall–Kier alpha value is -2.74. The van der Waals surface area contributed by atoms with Gasteiger partial charge in [0.1, 0.15) is 0 Å². The number of amides is 2. The van der Waals surface area contributed by atoms with E-state index in [1.54, 1.807) is 0 Å². The third-order valence-corrected chi connectivity index (χ3v) is 8.27. The molecule has 34 heavy (non-hydrogen) atoms. The lowest BCUT2D eigenvalue weighted by molar-refractivity contribution is -0.138. The molecule has 1 saturated carbocycles. The maximum absolute atomic E-state index is 12.4. The van der Waals surface area contributed by atoms with E-state index >= 15 is 0 Å². The lowest BCUT2D eigenvalue weighted by Crippen LogP contribution is -2.42. The molecule has 5 rings (SSSR count). The van der Waals surface area contributed by atoms with E-state index in [0.29, 0.717) is 37.1 Å². The molecule has 0 spiro atoms. The average Bonchev–Trinajstić information content (AvgIpc) is 3.15. The number of piperidine rings is 2. The molecule has 2 aliphatic heterocycles. The first kappa shape index (κ1) is 23.0. The molecule has 2 aromatic rings. The van der Waals surface area contributed by atoms with Crippen LogP contribution in [0.2, 0.25) is 0 Å². The van der Waals surface area contributed by atoms with Crippen LogP contribution < -0.4 is 5.32 Å². The fraction of sp³-hybridized carbons (Fsp3) is 0.615. The van der Waals surface area contributed by atoms with Gasteiger partial charge in [0.2, 0.25) is 11.8 Å². The molecule has 0 bridgehead atoms. The smallest absolute Gasteiger partial charge is 0.303 e. The minimum absolute atomic E-state index is 0.205. The van der Waals surface area contributed by atoms with E-state index in [9.17, 15) is 14.4 Å². The molecule has 3 fully saturated rings. The van der Waals surface area contributed by atoms with E-state index in [-0.39, 0.29) is 17.7 Å². The number of nitrogens with one attached hydrogen (secondary N) is 1. The molecule has 8 heteroatoms. The van der Waals surface area contributed by atoms with Crippen LogP contribution in [0.1, 0.15) is 80.9 Å². The highest BCUT2D eigenvalue weighted by atomic mass is 16.4. The Morgan fingerprint density at radius 1 is 1.09 bits per heavy atom. The number of carbonyl (C=O) groups excluding carboxylic acids is 2. The van der Waals surface area contributed by atoms with Gasteiger partial charge >= 0.3 is 5.97 Å². The summed E-state index contributed by atoms with van der Waals surface area (Å²) in [5.74, 6) is -0.631. The van der Waals surface area contributed by atoms with E-state index in [1.165, 1.54) is 5.56 Å². The van der Waals surface area contributed by atoms with Gasteiger partial charge in [-0.2, -0.15) is 5.10 Å². The van der Waals surface area contributed by atoms with Crippen LogP contribution in [0.5, 0.6) is 0 Å². The summed E-state index contributed by atoms with van der Waals surface area (Å²) in [4.78, 5) is 37.5. The highest BCUT2D eigenvalue weighted by Crippen LogP contribution is 2.36. The van der Waals surface area contributed by atoms with Crippen LogP contribution in [-0.2, 0) is 21.4 Å². The zero-order valence-electron chi connectivity index (χ0n) is 19.8. The molecule has 8 nitrogen and oxygen atoms in total. The zero-order valence-corrected chi connectivity index (χ0v) is 19.8. The minimum atomic E-state index is -0.668. The second-order valence-corrected chi connectivity index (χ2v) is 10.4. The van der Waals surface area contributed by atoms with Crippen LogP contribution in [0.3, 0.4) is 0 Å². The van der Waals surface area contributed by atoms with Crippen molar-refractivity contribution in [2.45, 2.75) is 75.7 Å². The number of aliphatic carboxylic acids is 1. The van der Waals surface area contributed by atoms with Crippen molar-refractivity contribution in [1.82, 2.24) is 20.0 Å². The molecular weight excluding hydrogens is 432 g/mol. The number of nitrogens with zero attached hydrogens (tertiary/aromatic N) is 3. The Labute approximate surface area is 199 Å². The third kappa shape index (κ3) is 4.60. The molecule has 2 N–H and O–H groups in total. The van der Waals surface area contributed by atoms with Gasteiger partial charge in [0, 0.05) is 31.3 Å². The lowest BCUT2D eigenvalue weighted by atomic mass is 9.82. The van der Waals surface area contributed by atoms with E-state index in [0.717, 1.165) is 68.2 Å². The normalized spacial score (nSPS) is 27.1. The van der Waals surface area contributed by atoms with Gasteiger partial charge in [0.25, 0.3) is 0 Å². The number of likely N-dealkylation sites (tertiary alicyclic amines) is 1. The molecule has 2 saturated heterocycles. The van der Waals surface area contributed by atoms with E-state index < -0.39 is 5.97 Å². The Morgan fingerprint density at radius 3 is 2.50 bits per heavy atom. The SMILES string of the molecule is Cn1nc(C2CCC(=O)NC2=O)c2ccc(C3CCN([C@H]4CC[C@H](CC(=O)O)CC4)CC3)cc21. The van der Waals surface area contributed by atoms with Gasteiger partial charge in [0.15, 0.2) is 0 Å². The van der Waals surface area contributed by atoms with Crippen molar-refractivity contribution in [2.24, 2.45) is 13.0 Å². The van der Waals surface area contributed by atoms with Gasteiger partial charge in [0.05, 0.1) is 17.1 Å². The topological polar surface area (TPSA) is 105 Å². The summed E-state index contributed by atoms with van der Waals surface area (Å²) in [6.45, 7) is 2.17. The van der Waals surface area contributed by atoms with Gasteiger partial charge in [-0.25, -0.2) is 0 Å². The first-order chi connectivity index (χ1) is 16.4. The average molecular weight is 467 g/mol. The van der Waals surface area contributed by atoms with E-state index in [4.69, 9.17) is 5.11 Å². The van der Waals surface area contributed by atoms with Crippen molar-refractivity contribution in [3.05, 3.63) is 29.5 Å². The predicted octanol–water partition coefficient (Wildman–Crippen LogP) is 3.31. The summed E-state index contributed by atoms with van der Waals surface area (Å²) in [5, 5.41) is 17.2. The highest BCUT2D eigenvalue weighted by Gasteiger charge is 2.33. The fourth-order valence-corrected chi connectivity index (χ4v) is 6.33. The summed E-state index contributed by atoms with van der Waals surface area (Å²) >= 11 is 0. The van der Waals surface area contributed by atoms with Gasteiger partial charge < -0.3 is 10.0 Å². The quantitative estimate of drug-likeness (QED) is 0.655. The number of rotatable bonds is 5. The fourth-order valence-electron chi connectivity index (χ4n) is 6.33. The molecule has 1 aromatic heterocycles. The molecule has 3 heterocycles. The van der Waals surface area contributed by atoms with Gasteiger partial charge in [-0.1, -0.05) is 12.1 Å². The van der Waals surface area contributed by atoms with Crippen molar-refractivity contribution >= 4 is 28.7 Å². The van der Waals surface area contributed by atoms with E-state index in [1.807, 2.05) is 11.7 Å². The summed E-state index contributed by atoms with van der Waals surface area (Å²) in [5.41, 5.74) is 3.13. The van der Waals surface area contributed by atoms with Crippen LogP contribution in [0.4, 0.5) is 0 Å².